The number of aromatic nitrogens is 1. The number of aromatic hydroxyl groups is 1. The average molecular weight is 530 g/mol. The molecule has 11 heteroatoms. The number of likely N-dealkylation sites (N-methyl/N-ethyl adjacent to an activating group) is 2. The molecule has 0 aliphatic heterocycles. The Hall–Kier alpha value is -5.03. The second-order valence-corrected chi connectivity index (χ2v) is 9.05. The fraction of sp³-hybridized carbons (Fsp3) is 0.179. The topological polar surface area (TPSA) is 141 Å². The van der Waals surface area contributed by atoms with Gasteiger partial charge in [0.15, 0.2) is 5.88 Å². The lowest BCUT2D eigenvalue weighted by atomic mass is 9.99. The van der Waals surface area contributed by atoms with Crippen molar-refractivity contribution < 1.29 is 24.4 Å². The Morgan fingerprint density at radius 1 is 1.03 bits per heavy atom. The molecular formula is C28H27N5O6. The van der Waals surface area contributed by atoms with Crippen LogP contribution in [0.1, 0.15) is 21.5 Å². The van der Waals surface area contributed by atoms with Crippen LogP contribution in [0.15, 0.2) is 71.7 Å². The van der Waals surface area contributed by atoms with Crippen molar-refractivity contribution in [3.8, 4) is 5.88 Å². The Kier molecular flexibility index (Phi) is 7.73. The highest BCUT2D eigenvalue weighted by atomic mass is 16.6. The molecule has 2 N–H and O–H groups in total. The highest BCUT2D eigenvalue weighted by molar-refractivity contribution is 6.22. The molecule has 4 rings (SSSR count). The Morgan fingerprint density at radius 2 is 1.74 bits per heavy atom. The molecule has 0 fully saturated rings. The van der Waals surface area contributed by atoms with Crippen LogP contribution in [0, 0.1) is 10.1 Å². The van der Waals surface area contributed by atoms with Gasteiger partial charge in [0.05, 0.1) is 41.1 Å². The number of benzene rings is 3. The number of nitrogens with one attached hydrogen (secondary N) is 1. The van der Waals surface area contributed by atoms with Crippen molar-refractivity contribution >= 4 is 45.6 Å². The first-order valence-corrected chi connectivity index (χ1v) is 11.9. The van der Waals surface area contributed by atoms with Crippen molar-refractivity contribution in [3.05, 3.63) is 93.5 Å². The molecule has 0 saturated carbocycles. The number of rotatable bonds is 8. The molecule has 1 aromatic heterocycles. The normalized spacial score (nSPS) is 11.6. The SMILES string of the molecule is COC(=O)c1ccc2[nH]c(O)c(C(=Nc3ccc(N(C)C(=O)CN(C)C)c([N+](=O)[O-])c3)c3ccccc3)c2c1. The minimum Gasteiger partial charge on any atom is -0.494 e. The van der Waals surface area contributed by atoms with Crippen molar-refractivity contribution in [2.45, 2.75) is 0 Å². The molecule has 200 valence electrons. The summed E-state index contributed by atoms with van der Waals surface area (Å²) >= 11 is 0. The van der Waals surface area contributed by atoms with Gasteiger partial charge in [-0.3, -0.25) is 14.9 Å². The monoisotopic (exact) mass is 529 g/mol. The van der Waals surface area contributed by atoms with Gasteiger partial charge in [-0.2, -0.15) is 0 Å². The van der Waals surface area contributed by atoms with E-state index in [2.05, 4.69) is 4.98 Å². The summed E-state index contributed by atoms with van der Waals surface area (Å²) in [6.45, 7) is 0.0825. The van der Waals surface area contributed by atoms with E-state index in [0.29, 0.717) is 27.7 Å². The van der Waals surface area contributed by atoms with Crippen molar-refractivity contribution in [3.63, 3.8) is 0 Å². The molecule has 11 nitrogen and oxygen atoms in total. The quantitative estimate of drug-likeness (QED) is 0.150. The molecule has 0 spiro atoms. The highest BCUT2D eigenvalue weighted by Crippen LogP contribution is 2.35. The van der Waals surface area contributed by atoms with Gasteiger partial charge in [0.1, 0.15) is 5.69 Å². The first-order valence-electron chi connectivity index (χ1n) is 11.9. The molecule has 0 atom stereocenters. The second-order valence-electron chi connectivity index (χ2n) is 9.05. The number of aliphatic imine (C=N–C) groups is 1. The van der Waals surface area contributed by atoms with E-state index in [4.69, 9.17) is 9.73 Å². The molecule has 1 amide bonds. The number of anilines is 1. The van der Waals surface area contributed by atoms with Crippen LogP contribution in [-0.2, 0) is 9.53 Å². The first-order chi connectivity index (χ1) is 18.6. The standard InChI is InChI=1S/C28H27N5O6/c1-31(2)16-24(34)32(3)22-13-11-19(15-23(22)33(37)38)29-26(17-8-6-5-7-9-17)25-20-14-18(28(36)39-4)10-12-21(20)30-27(25)35/h5-15,30,35H,16H2,1-4H3. The third kappa shape index (κ3) is 5.63. The van der Waals surface area contributed by atoms with Crippen LogP contribution >= 0.6 is 0 Å². The van der Waals surface area contributed by atoms with E-state index in [1.54, 1.807) is 67.5 Å². The van der Waals surface area contributed by atoms with Crippen LogP contribution in [0.4, 0.5) is 17.1 Å². The largest absolute Gasteiger partial charge is 0.494 e. The van der Waals surface area contributed by atoms with E-state index in [9.17, 15) is 24.8 Å². The third-order valence-corrected chi connectivity index (χ3v) is 6.07. The van der Waals surface area contributed by atoms with Crippen LogP contribution in [0.25, 0.3) is 10.9 Å². The number of fused-ring (bicyclic) bond motifs is 1. The summed E-state index contributed by atoms with van der Waals surface area (Å²) in [5.41, 5.74) is 2.16. The van der Waals surface area contributed by atoms with Crippen LogP contribution in [0.2, 0.25) is 0 Å². The molecular weight excluding hydrogens is 502 g/mol. The summed E-state index contributed by atoms with van der Waals surface area (Å²) in [6, 6.07) is 18.1. The molecule has 0 bridgehead atoms. The minimum atomic E-state index is -0.568. The predicted molar refractivity (Wildman–Crippen MR) is 148 cm³/mol. The van der Waals surface area contributed by atoms with Gasteiger partial charge in [-0.15, -0.1) is 0 Å². The fourth-order valence-electron chi connectivity index (χ4n) is 4.17. The molecule has 39 heavy (non-hydrogen) atoms. The molecule has 0 saturated heterocycles. The number of nitro benzene ring substituents is 1. The maximum atomic E-state index is 12.6. The van der Waals surface area contributed by atoms with E-state index in [1.807, 2.05) is 6.07 Å². The number of aromatic amines is 1. The number of ether oxygens (including phenoxy) is 1. The average Bonchev–Trinajstić information content (AvgIpc) is 3.25. The van der Waals surface area contributed by atoms with Crippen molar-refractivity contribution in [1.29, 1.82) is 0 Å². The summed E-state index contributed by atoms with van der Waals surface area (Å²) in [5.74, 6) is -1.04. The number of nitro groups is 1. The zero-order valence-electron chi connectivity index (χ0n) is 21.8. The molecule has 0 aliphatic carbocycles. The number of methoxy groups -OCH3 is 1. The van der Waals surface area contributed by atoms with Gasteiger partial charge in [-0.25, -0.2) is 9.79 Å². The van der Waals surface area contributed by atoms with Crippen LogP contribution in [-0.4, -0.2) is 72.3 Å². The van der Waals surface area contributed by atoms with Crippen LogP contribution in [0.5, 0.6) is 5.88 Å². The van der Waals surface area contributed by atoms with Crippen molar-refractivity contribution in [2.24, 2.45) is 4.99 Å². The van der Waals surface area contributed by atoms with Gasteiger partial charge < -0.3 is 24.6 Å². The molecule has 4 aromatic rings. The van der Waals surface area contributed by atoms with Gasteiger partial charge in [-0.1, -0.05) is 30.3 Å². The maximum Gasteiger partial charge on any atom is 0.337 e. The number of carbonyl (C=O) groups is 2. The van der Waals surface area contributed by atoms with Gasteiger partial charge in [0.2, 0.25) is 5.91 Å². The molecule has 1 heterocycles. The van der Waals surface area contributed by atoms with E-state index in [1.165, 1.54) is 31.2 Å². The van der Waals surface area contributed by atoms with Gasteiger partial charge in [-0.05, 0) is 44.4 Å². The summed E-state index contributed by atoms with van der Waals surface area (Å²) in [7, 11) is 6.23. The van der Waals surface area contributed by atoms with Crippen LogP contribution < -0.4 is 4.90 Å². The number of hydrogen-bond donors (Lipinski definition) is 2. The Morgan fingerprint density at radius 3 is 2.38 bits per heavy atom. The molecule has 0 aliphatic rings. The van der Waals surface area contributed by atoms with Crippen molar-refractivity contribution in [1.82, 2.24) is 9.88 Å². The van der Waals surface area contributed by atoms with Gasteiger partial charge in [0, 0.05) is 29.6 Å². The lowest BCUT2D eigenvalue weighted by molar-refractivity contribution is -0.384. The summed E-state index contributed by atoms with van der Waals surface area (Å²) in [6.07, 6.45) is 0. The Bertz CT molecular complexity index is 1590. The zero-order valence-corrected chi connectivity index (χ0v) is 21.8. The van der Waals surface area contributed by atoms with E-state index < -0.39 is 10.9 Å². The van der Waals surface area contributed by atoms with E-state index in [0.717, 1.165) is 0 Å². The van der Waals surface area contributed by atoms with E-state index in [-0.39, 0.29) is 41.0 Å². The molecule has 0 unspecified atom stereocenters. The zero-order chi connectivity index (χ0) is 28.3. The predicted octanol–water partition coefficient (Wildman–Crippen LogP) is 4.26. The highest BCUT2D eigenvalue weighted by Gasteiger charge is 2.24. The molecule has 0 radical (unpaired) electrons. The first kappa shape index (κ1) is 27.0. The maximum absolute atomic E-state index is 12.6. The smallest absolute Gasteiger partial charge is 0.337 e. The third-order valence-electron chi connectivity index (χ3n) is 6.07. The van der Waals surface area contributed by atoms with Crippen molar-refractivity contribution in [2.75, 3.05) is 39.7 Å². The summed E-state index contributed by atoms with van der Waals surface area (Å²) in [5, 5.41) is 23.4. The summed E-state index contributed by atoms with van der Waals surface area (Å²) in [4.78, 5) is 46.7. The van der Waals surface area contributed by atoms with Gasteiger partial charge >= 0.3 is 5.97 Å². The Balaban J connectivity index is 1.90. The fourth-order valence-corrected chi connectivity index (χ4v) is 4.17. The number of carbonyl (C=O) groups excluding carboxylic acids is 2. The second kappa shape index (κ2) is 11.2. The van der Waals surface area contributed by atoms with E-state index >= 15 is 0 Å². The van der Waals surface area contributed by atoms with Crippen LogP contribution in [0.3, 0.4) is 0 Å². The lowest BCUT2D eigenvalue weighted by Crippen LogP contribution is -2.35. The Labute approximate surface area is 224 Å². The lowest BCUT2D eigenvalue weighted by Gasteiger charge is -2.19. The number of esters is 1. The number of hydrogen-bond acceptors (Lipinski definition) is 8. The number of H-pyrrole nitrogens is 1. The minimum absolute atomic E-state index is 0.0825. The molecule has 3 aromatic carbocycles. The number of amides is 1. The summed E-state index contributed by atoms with van der Waals surface area (Å²) < 4.78 is 4.84. The number of nitrogens with zero attached hydrogens (tertiary/aromatic N) is 4. The van der Waals surface area contributed by atoms with Gasteiger partial charge in [0.25, 0.3) is 5.69 Å².